The van der Waals surface area contributed by atoms with E-state index >= 15 is 0 Å². The molecule has 1 aliphatic heterocycles. The molecule has 1 saturated heterocycles. The average molecular weight is 270 g/mol. The van der Waals surface area contributed by atoms with Crippen molar-refractivity contribution in [1.82, 2.24) is 15.5 Å². The molecule has 7 heteroatoms. The minimum Gasteiger partial charge on any atom is -0.381 e. The molecule has 1 fully saturated rings. The number of carbonyl (C=O) groups excluding carboxylic acids is 1. The van der Waals surface area contributed by atoms with Crippen LogP contribution in [0.1, 0.15) is 36.0 Å². The zero-order valence-electron chi connectivity index (χ0n) is 10.4. The number of anilines is 1. The molecule has 2 heterocycles. The summed E-state index contributed by atoms with van der Waals surface area (Å²) in [4.78, 5) is 11.9. The quantitative estimate of drug-likeness (QED) is 0.842. The number of rotatable bonds is 5. The number of nitrogens with zero attached hydrogens (tertiary/aromatic N) is 2. The molecule has 0 aromatic carbocycles. The largest absolute Gasteiger partial charge is 0.381 e. The molecule has 2 rings (SSSR count). The predicted molar refractivity (Wildman–Crippen MR) is 70.0 cm³/mol. The molecule has 2 N–H and O–H groups in total. The van der Waals surface area contributed by atoms with Crippen molar-refractivity contribution in [2.24, 2.45) is 0 Å². The lowest BCUT2D eigenvalue weighted by Crippen LogP contribution is -2.38. The van der Waals surface area contributed by atoms with E-state index in [4.69, 9.17) is 4.74 Å². The van der Waals surface area contributed by atoms with Crippen molar-refractivity contribution in [2.75, 3.05) is 25.1 Å². The van der Waals surface area contributed by atoms with Gasteiger partial charge in [0.15, 0.2) is 0 Å². The maximum absolute atomic E-state index is 11.9. The van der Waals surface area contributed by atoms with E-state index in [0.717, 1.165) is 25.8 Å². The Balaban J connectivity index is 1.85. The monoisotopic (exact) mass is 270 g/mol. The van der Waals surface area contributed by atoms with Crippen LogP contribution < -0.4 is 10.6 Å². The molecule has 0 spiro atoms. The van der Waals surface area contributed by atoms with Crippen molar-refractivity contribution in [3.63, 3.8) is 0 Å². The van der Waals surface area contributed by atoms with Gasteiger partial charge in [-0.2, -0.15) is 0 Å². The van der Waals surface area contributed by atoms with Crippen LogP contribution in [-0.4, -0.2) is 41.9 Å². The number of hydrogen-bond donors (Lipinski definition) is 2. The van der Waals surface area contributed by atoms with Gasteiger partial charge in [0.2, 0.25) is 10.1 Å². The molecule has 100 valence electrons. The van der Waals surface area contributed by atoms with Crippen LogP contribution in [0.5, 0.6) is 0 Å². The summed E-state index contributed by atoms with van der Waals surface area (Å²) in [5.74, 6) is -0.135. The first-order chi connectivity index (χ1) is 8.79. The Labute approximate surface area is 110 Å². The molecule has 0 radical (unpaired) electrons. The first-order valence-electron chi connectivity index (χ1n) is 6.25. The van der Waals surface area contributed by atoms with Crippen molar-refractivity contribution >= 4 is 22.4 Å². The van der Waals surface area contributed by atoms with Crippen LogP contribution in [0.2, 0.25) is 0 Å². The van der Waals surface area contributed by atoms with Crippen LogP contribution in [0.15, 0.2) is 0 Å². The maximum Gasteiger partial charge on any atom is 0.282 e. The Kier molecular flexibility index (Phi) is 4.89. The van der Waals surface area contributed by atoms with Gasteiger partial charge >= 0.3 is 0 Å². The second-order valence-electron chi connectivity index (χ2n) is 4.20. The fourth-order valence-corrected chi connectivity index (χ4v) is 2.38. The summed E-state index contributed by atoms with van der Waals surface area (Å²) >= 11 is 1.29. The van der Waals surface area contributed by atoms with Gasteiger partial charge in [-0.15, -0.1) is 10.2 Å². The maximum atomic E-state index is 11.9. The highest BCUT2D eigenvalue weighted by Crippen LogP contribution is 2.16. The highest BCUT2D eigenvalue weighted by atomic mass is 32.1. The van der Waals surface area contributed by atoms with Gasteiger partial charge < -0.3 is 15.4 Å². The third-order valence-corrected chi connectivity index (χ3v) is 3.58. The summed E-state index contributed by atoms with van der Waals surface area (Å²) in [6, 6.07) is 0.196. The lowest BCUT2D eigenvalue weighted by molar-refractivity contribution is 0.0696. The molecule has 0 bridgehead atoms. The Morgan fingerprint density at radius 1 is 1.44 bits per heavy atom. The van der Waals surface area contributed by atoms with Gasteiger partial charge in [-0.05, 0) is 19.3 Å². The van der Waals surface area contributed by atoms with Crippen LogP contribution >= 0.6 is 11.3 Å². The molecule has 6 nitrogen and oxygen atoms in total. The molecule has 0 saturated carbocycles. The van der Waals surface area contributed by atoms with Crippen LogP contribution in [0, 0.1) is 0 Å². The smallest absolute Gasteiger partial charge is 0.282 e. The highest BCUT2D eigenvalue weighted by Gasteiger charge is 2.19. The highest BCUT2D eigenvalue weighted by molar-refractivity contribution is 7.17. The minimum atomic E-state index is -0.135. The predicted octanol–water partition coefficient (Wildman–Crippen LogP) is 1.27. The summed E-state index contributed by atoms with van der Waals surface area (Å²) in [7, 11) is 0. The fraction of sp³-hybridized carbons (Fsp3) is 0.727. The van der Waals surface area contributed by atoms with E-state index in [2.05, 4.69) is 27.8 Å². The first-order valence-corrected chi connectivity index (χ1v) is 7.07. The fourth-order valence-electron chi connectivity index (χ4n) is 1.71. The van der Waals surface area contributed by atoms with E-state index in [0.29, 0.717) is 23.4 Å². The van der Waals surface area contributed by atoms with Gasteiger partial charge in [-0.25, -0.2) is 0 Å². The van der Waals surface area contributed by atoms with Crippen LogP contribution in [0.4, 0.5) is 5.13 Å². The van der Waals surface area contributed by atoms with Crippen LogP contribution in [-0.2, 0) is 4.74 Å². The standard InChI is InChI=1S/C11H18N4O2S/c1-2-5-12-11-15-14-10(18-11)9(16)13-8-3-6-17-7-4-8/h8H,2-7H2,1H3,(H,12,15)(H,13,16). The number of hydrogen-bond acceptors (Lipinski definition) is 6. The van der Waals surface area contributed by atoms with E-state index in [1.165, 1.54) is 11.3 Å². The van der Waals surface area contributed by atoms with Gasteiger partial charge in [-0.3, -0.25) is 4.79 Å². The second kappa shape index (κ2) is 6.65. The SMILES string of the molecule is CCCNc1nnc(C(=O)NC2CCOCC2)s1. The zero-order valence-corrected chi connectivity index (χ0v) is 11.3. The zero-order chi connectivity index (χ0) is 12.8. The average Bonchev–Trinajstić information content (AvgIpc) is 2.86. The summed E-state index contributed by atoms with van der Waals surface area (Å²) in [5, 5.41) is 15.0. The van der Waals surface area contributed by atoms with Gasteiger partial charge in [0.25, 0.3) is 5.91 Å². The Morgan fingerprint density at radius 2 is 2.22 bits per heavy atom. The van der Waals surface area contributed by atoms with E-state index in [9.17, 15) is 4.79 Å². The van der Waals surface area contributed by atoms with E-state index in [-0.39, 0.29) is 11.9 Å². The van der Waals surface area contributed by atoms with Gasteiger partial charge in [-0.1, -0.05) is 18.3 Å². The topological polar surface area (TPSA) is 76.1 Å². The van der Waals surface area contributed by atoms with Gasteiger partial charge in [0.05, 0.1) is 0 Å². The van der Waals surface area contributed by atoms with Crippen molar-refractivity contribution in [1.29, 1.82) is 0 Å². The van der Waals surface area contributed by atoms with Gasteiger partial charge in [0.1, 0.15) is 0 Å². The van der Waals surface area contributed by atoms with E-state index in [1.807, 2.05) is 0 Å². The Bertz CT molecular complexity index is 390. The summed E-state index contributed by atoms with van der Waals surface area (Å²) < 4.78 is 5.25. The minimum absolute atomic E-state index is 0.135. The molecule has 1 aliphatic rings. The summed E-state index contributed by atoms with van der Waals surface area (Å²) in [6.07, 6.45) is 2.75. The number of carbonyl (C=O) groups is 1. The molecular formula is C11H18N4O2S. The molecule has 1 aromatic rings. The number of amides is 1. The molecule has 0 aliphatic carbocycles. The third kappa shape index (κ3) is 3.64. The van der Waals surface area contributed by atoms with Crippen molar-refractivity contribution in [3.8, 4) is 0 Å². The molecule has 18 heavy (non-hydrogen) atoms. The molecule has 0 atom stereocenters. The van der Waals surface area contributed by atoms with E-state index < -0.39 is 0 Å². The summed E-state index contributed by atoms with van der Waals surface area (Å²) in [5.41, 5.74) is 0. The third-order valence-electron chi connectivity index (χ3n) is 2.70. The number of ether oxygens (including phenoxy) is 1. The molecule has 0 unspecified atom stereocenters. The van der Waals surface area contributed by atoms with Crippen LogP contribution in [0.3, 0.4) is 0 Å². The summed E-state index contributed by atoms with van der Waals surface area (Å²) in [6.45, 7) is 4.35. The van der Waals surface area contributed by atoms with Crippen LogP contribution in [0.25, 0.3) is 0 Å². The van der Waals surface area contributed by atoms with Crippen molar-refractivity contribution < 1.29 is 9.53 Å². The van der Waals surface area contributed by atoms with Gasteiger partial charge in [0, 0.05) is 25.8 Å². The molecular weight excluding hydrogens is 252 g/mol. The van der Waals surface area contributed by atoms with E-state index in [1.54, 1.807) is 0 Å². The second-order valence-corrected chi connectivity index (χ2v) is 5.18. The van der Waals surface area contributed by atoms with Crippen molar-refractivity contribution in [3.05, 3.63) is 5.01 Å². The lowest BCUT2D eigenvalue weighted by atomic mass is 10.1. The molecule has 1 aromatic heterocycles. The Hall–Kier alpha value is -1.21. The lowest BCUT2D eigenvalue weighted by Gasteiger charge is -2.22. The van der Waals surface area contributed by atoms with Crippen molar-refractivity contribution in [2.45, 2.75) is 32.2 Å². The normalized spacial score (nSPS) is 16.5. The molecule has 1 amide bonds. The number of aromatic nitrogens is 2. The first kappa shape index (κ1) is 13.2. The number of nitrogens with one attached hydrogen (secondary N) is 2. The Morgan fingerprint density at radius 3 is 2.94 bits per heavy atom.